The number of phenols is 1. The first-order valence-corrected chi connectivity index (χ1v) is 5.03. The Morgan fingerprint density at radius 3 is 2.88 bits per heavy atom. The van der Waals surface area contributed by atoms with E-state index in [0.29, 0.717) is 24.6 Å². The first-order chi connectivity index (χ1) is 7.81. The van der Waals surface area contributed by atoms with Gasteiger partial charge in [-0.1, -0.05) is 5.92 Å². The molecule has 0 bridgehead atoms. The molecule has 84 valence electrons. The molecule has 1 aromatic rings. The summed E-state index contributed by atoms with van der Waals surface area (Å²) in [7, 11) is 0. The fraction of sp³-hybridized carbons (Fsp3) is 0.333. The zero-order valence-corrected chi connectivity index (χ0v) is 9.04. The van der Waals surface area contributed by atoms with Crippen LogP contribution in [0.4, 0.5) is 0 Å². The van der Waals surface area contributed by atoms with Crippen LogP contribution >= 0.6 is 0 Å². The quantitative estimate of drug-likeness (QED) is 0.593. The Hall–Kier alpha value is -1.86. The summed E-state index contributed by atoms with van der Waals surface area (Å²) in [6, 6.07) is 3.36. The number of hydrogen-bond acceptors (Lipinski definition) is 4. The standard InChI is InChI=1S/C12H13NO3/c1-2-3-4-13-7-9-5-11-12(6-10(9)14)16-8-15-11/h5-6,13-14H,4,7-8H2,1H3. The summed E-state index contributed by atoms with van der Waals surface area (Å²) in [6.45, 7) is 3.16. The van der Waals surface area contributed by atoms with Crippen molar-refractivity contribution in [3.8, 4) is 29.1 Å². The van der Waals surface area contributed by atoms with Crippen LogP contribution in [-0.4, -0.2) is 18.4 Å². The minimum Gasteiger partial charge on any atom is -0.507 e. The molecule has 4 nitrogen and oxygen atoms in total. The average Bonchev–Trinajstić information content (AvgIpc) is 2.71. The van der Waals surface area contributed by atoms with Gasteiger partial charge in [0.05, 0.1) is 6.54 Å². The molecular formula is C12H13NO3. The maximum absolute atomic E-state index is 9.72. The summed E-state index contributed by atoms with van der Waals surface area (Å²) in [5.74, 6) is 7.16. The lowest BCUT2D eigenvalue weighted by Crippen LogP contribution is -2.13. The maximum atomic E-state index is 9.72. The smallest absolute Gasteiger partial charge is 0.231 e. The number of aromatic hydroxyl groups is 1. The van der Waals surface area contributed by atoms with Crippen molar-refractivity contribution in [1.82, 2.24) is 5.32 Å². The Labute approximate surface area is 94.2 Å². The second kappa shape index (κ2) is 4.77. The summed E-state index contributed by atoms with van der Waals surface area (Å²) >= 11 is 0. The summed E-state index contributed by atoms with van der Waals surface area (Å²) in [6.07, 6.45) is 0. The molecule has 0 atom stereocenters. The number of benzene rings is 1. The Bertz CT molecular complexity index is 446. The van der Waals surface area contributed by atoms with Gasteiger partial charge < -0.3 is 19.9 Å². The Balaban J connectivity index is 2.05. The SMILES string of the molecule is CC#CCNCc1cc2c(cc1O)OCO2. The van der Waals surface area contributed by atoms with Crippen LogP contribution < -0.4 is 14.8 Å². The second-order valence-electron chi connectivity index (χ2n) is 3.36. The summed E-state index contributed by atoms with van der Waals surface area (Å²) in [5.41, 5.74) is 0.780. The normalized spacial score (nSPS) is 12.1. The van der Waals surface area contributed by atoms with Crippen LogP contribution in [0.3, 0.4) is 0 Å². The summed E-state index contributed by atoms with van der Waals surface area (Å²) in [4.78, 5) is 0. The third-order valence-corrected chi connectivity index (χ3v) is 2.28. The molecular weight excluding hydrogens is 206 g/mol. The van der Waals surface area contributed by atoms with E-state index in [4.69, 9.17) is 9.47 Å². The lowest BCUT2D eigenvalue weighted by Gasteiger charge is -2.06. The Kier molecular flexibility index (Phi) is 3.18. The fourth-order valence-corrected chi connectivity index (χ4v) is 1.46. The first kappa shape index (κ1) is 10.7. The Morgan fingerprint density at radius 1 is 1.38 bits per heavy atom. The van der Waals surface area contributed by atoms with Crippen molar-refractivity contribution in [1.29, 1.82) is 0 Å². The van der Waals surface area contributed by atoms with Crippen LogP contribution in [0.25, 0.3) is 0 Å². The van der Waals surface area contributed by atoms with Gasteiger partial charge in [-0.3, -0.25) is 0 Å². The molecule has 2 N–H and O–H groups in total. The van der Waals surface area contributed by atoms with Crippen LogP contribution in [-0.2, 0) is 6.54 Å². The van der Waals surface area contributed by atoms with E-state index in [1.54, 1.807) is 19.1 Å². The van der Waals surface area contributed by atoms with Crippen LogP contribution in [0.2, 0.25) is 0 Å². The van der Waals surface area contributed by atoms with Crippen LogP contribution in [0.5, 0.6) is 17.2 Å². The number of hydrogen-bond donors (Lipinski definition) is 2. The van der Waals surface area contributed by atoms with Crippen molar-refractivity contribution in [3.63, 3.8) is 0 Å². The molecule has 1 aromatic carbocycles. The first-order valence-electron chi connectivity index (χ1n) is 5.03. The lowest BCUT2D eigenvalue weighted by molar-refractivity contribution is 0.174. The van der Waals surface area contributed by atoms with Gasteiger partial charge in [0.15, 0.2) is 11.5 Å². The number of nitrogens with one attached hydrogen (secondary N) is 1. The van der Waals surface area contributed by atoms with Crippen molar-refractivity contribution in [2.75, 3.05) is 13.3 Å². The molecule has 0 spiro atoms. The van der Waals surface area contributed by atoms with E-state index in [1.807, 2.05) is 0 Å². The molecule has 0 saturated heterocycles. The summed E-state index contributed by atoms with van der Waals surface area (Å²) < 4.78 is 10.4. The second-order valence-corrected chi connectivity index (χ2v) is 3.36. The van der Waals surface area contributed by atoms with Gasteiger partial charge in [0, 0.05) is 18.2 Å². The minimum atomic E-state index is 0.209. The number of fused-ring (bicyclic) bond motifs is 1. The molecule has 16 heavy (non-hydrogen) atoms. The van der Waals surface area contributed by atoms with Gasteiger partial charge in [0.2, 0.25) is 6.79 Å². The van der Waals surface area contributed by atoms with Gasteiger partial charge in [-0.15, -0.1) is 5.92 Å². The van der Waals surface area contributed by atoms with E-state index in [9.17, 15) is 5.11 Å². The molecule has 2 rings (SSSR count). The molecule has 0 amide bonds. The third kappa shape index (κ3) is 2.20. The van der Waals surface area contributed by atoms with Crippen molar-refractivity contribution in [3.05, 3.63) is 17.7 Å². The molecule has 0 fully saturated rings. The highest BCUT2D eigenvalue weighted by atomic mass is 16.7. The van der Waals surface area contributed by atoms with E-state index in [1.165, 1.54) is 0 Å². The maximum Gasteiger partial charge on any atom is 0.231 e. The number of ether oxygens (including phenoxy) is 2. The fourth-order valence-electron chi connectivity index (χ4n) is 1.46. The largest absolute Gasteiger partial charge is 0.507 e. The van der Waals surface area contributed by atoms with E-state index in [2.05, 4.69) is 17.2 Å². The van der Waals surface area contributed by atoms with Crippen LogP contribution in [0.15, 0.2) is 12.1 Å². The predicted molar refractivity (Wildman–Crippen MR) is 59.4 cm³/mol. The highest BCUT2D eigenvalue weighted by Gasteiger charge is 2.16. The monoisotopic (exact) mass is 219 g/mol. The number of rotatable bonds is 3. The van der Waals surface area contributed by atoms with E-state index < -0.39 is 0 Å². The molecule has 0 saturated carbocycles. The van der Waals surface area contributed by atoms with Gasteiger partial charge in [0.1, 0.15) is 5.75 Å². The van der Waals surface area contributed by atoms with Crippen LogP contribution in [0, 0.1) is 11.8 Å². The molecule has 0 unspecified atom stereocenters. The van der Waals surface area contributed by atoms with Gasteiger partial charge in [-0.2, -0.15) is 0 Å². The zero-order valence-electron chi connectivity index (χ0n) is 9.04. The van der Waals surface area contributed by atoms with Gasteiger partial charge >= 0.3 is 0 Å². The molecule has 0 radical (unpaired) electrons. The molecule has 1 aliphatic rings. The molecule has 1 heterocycles. The van der Waals surface area contributed by atoms with Gasteiger partial charge in [-0.25, -0.2) is 0 Å². The highest BCUT2D eigenvalue weighted by Crippen LogP contribution is 2.37. The van der Waals surface area contributed by atoms with Crippen molar-refractivity contribution in [2.24, 2.45) is 0 Å². The highest BCUT2D eigenvalue weighted by molar-refractivity contribution is 5.51. The van der Waals surface area contributed by atoms with Gasteiger partial charge in [0.25, 0.3) is 0 Å². The minimum absolute atomic E-state index is 0.209. The van der Waals surface area contributed by atoms with E-state index >= 15 is 0 Å². The van der Waals surface area contributed by atoms with Crippen molar-refractivity contribution < 1.29 is 14.6 Å². The predicted octanol–water partition coefficient (Wildman–Crippen LogP) is 1.23. The third-order valence-electron chi connectivity index (χ3n) is 2.28. The topological polar surface area (TPSA) is 50.7 Å². The lowest BCUT2D eigenvalue weighted by atomic mass is 10.1. The van der Waals surface area contributed by atoms with Gasteiger partial charge in [-0.05, 0) is 13.0 Å². The molecule has 0 aliphatic carbocycles. The summed E-state index contributed by atoms with van der Waals surface area (Å²) in [5, 5.41) is 12.8. The van der Waals surface area contributed by atoms with Crippen molar-refractivity contribution in [2.45, 2.75) is 13.5 Å². The van der Waals surface area contributed by atoms with Crippen LogP contribution in [0.1, 0.15) is 12.5 Å². The Morgan fingerprint density at radius 2 is 2.12 bits per heavy atom. The van der Waals surface area contributed by atoms with E-state index in [-0.39, 0.29) is 12.5 Å². The molecule has 0 aromatic heterocycles. The van der Waals surface area contributed by atoms with E-state index in [0.717, 1.165) is 5.56 Å². The number of phenolic OH excluding ortho intramolecular Hbond substituents is 1. The molecule has 4 heteroatoms. The zero-order chi connectivity index (χ0) is 11.4. The average molecular weight is 219 g/mol. The molecule has 1 aliphatic heterocycles. The van der Waals surface area contributed by atoms with Crippen molar-refractivity contribution >= 4 is 0 Å².